The van der Waals surface area contributed by atoms with E-state index in [1.165, 1.54) is 10.9 Å². The summed E-state index contributed by atoms with van der Waals surface area (Å²) < 4.78 is 0. The average Bonchev–Trinajstić information content (AvgIpc) is 2.42. The smallest absolute Gasteiger partial charge is 0.0705 e. The van der Waals surface area contributed by atoms with Crippen molar-refractivity contribution in [3.63, 3.8) is 0 Å². The van der Waals surface area contributed by atoms with E-state index < -0.39 is 0 Å². The van der Waals surface area contributed by atoms with Crippen LogP contribution in [0.1, 0.15) is 25.1 Å². The number of aromatic nitrogens is 1. The maximum absolute atomic E-state index is 4.55. The second-order valence-electron chi connectivity index (χ2n) is 6.47. The molecule has 1 N–H and O–H groups in total. The molecule has 3 nitrogen and oxygen atoms in total. The van der Waals surface area contributed by atoms with Crippen molar-refractivity contribution in [2.75, 3.05) is 20.6 Å². The average molecular weight is 285 g/mol. The van der Waals surface area contributed by atoms with Crippen molar-refractivity contribution in [1.29, 1.82) is 0 Å². The summed E-state index contributed by atoms with van der Waals surface area (Å²) in [5.74, 6) is 0.622. The number of benzene rings is 1. The summed E-state index contributed by atoms with van der Waals surface area (Å²) in [6, 6.07) is 11.3. The van der Waals surface area contributed by atoms with E-state index in [2.05, 4.69) is 73.5 Å². The first-order chi connectivity index (χ1) is 9.95. The standard InChI is InChI=1S/C18H27N3/c1-13(2)18(12-21(4)5)19-11-15-7-9-17-16(10-15)8-6-14(3)20-17/h6-10,13,18-19H,11-12H2,1-5H3. The van der Waals surface area contributed by atoms with Gasteiger partial charge in [-0.1, -0.05) is 26.0 Å². The topological polar surface area (TPSA) is 28.2 Å². The van der Waals surface area contributed by atoms with Gasteiger partial charge in [0.1, 0.15) is 0 Å². The van der Waals surface area contributed by atoms with Crippen LogP contribution in [0.25, 0.3) is 10.9 Å². The highest BCUT2D eigenvalue weighted by molar-refractivity contribution is 5.79. The Morgan fingerprint density at radius 1 is 1.14 bits per heavy atom. The van der Waals surface area contributed by atoms with Gasteiger partial charge >= 0.3 is 0 Å². The first kappa shape index (κ1) is 15.9. The maximum Gasteiger partial charge on any atom is 0.0705 e. The third kappa shape index (κ3) is 4.51. The van der Waals surface area contributed by atoms with Crippen LogP contribution in [0.15, 0.2) is 30.3 Å². The summed E-state index contributed by atoms with van der Waals surface area (Å²) in [5.41, 5.74) is 3.46. The lowest BCUT2D eigenvalue weighted by molar-refractivity contribution is 0.288. The maximum atomic E-state index is 4.55. The van der Waals surface area contributed by atoms with Crippen molar-refractivity contribution in [1.82, 2.24) is 15.2 Å². The fourth-order valence-corrected chi connectivity index (χ4v) is 2.54. The minimum Gasteiger partial charge on any atom is -0.308 e. The van der Waals surface area contributed by atoms with E-state index in [0.717, 1.165) is 24.3 Å². The lowest BCUT2D eigenvalue weighted by atomic mass is 10.0. The molecule has 1 heterocycles. The fraction of sp³-hybridized carbons (Fsp3) is 0.500. The number of rotatable bonds is 6. The van der Waals surface area contributed by atoms with E-state index in [-0.39, 0.29) is 0 Å². The number of aryl methyl sites for hydroxylation is 1. The summed E-state index contributed by atoms with van der Waals surface area (Å²) in [4.78, 5) is 6.79. The van der Waals surface area contributed by atoms with Gasteiger partial charge in [0.05, 0.1) is 5.52 Å². The highest BCUT2D eigenvalue weighted by Crippen LogP contribution is 2.15. The Balaban J connectivity index is 2.07. The molecule has 0 saturated carbocycles. The summed E-state index contributed by atoms with van der Waals surface area (Å²) in [7, 11) is 4.25. The van der Waals surface area contributed by atoms with Crippen molar-refractivity contribution in [3.8, 4) is 0 Å². The third-order valence-electron chi connectivity index (χ3n) is 3.83. The minimum absolute atomic E-state index is 0.506. The molecule has 1 unspecified atom stereocenters. The monoisotopic (exact) mass is 285 g/mol. The molecule has 0 fully saturated rings. The normalized spacial score (nSPS) is 13.3. The zero-order valence-corrected chi connectivity index (χ0v) is 13.9. The number of nitrogens with zero attached hydrogens (tertiary/aromatic N) is 2. The molecule has 0 aliphatic rings. The van der Waals surface area contributed by atoms with Crippen molar-refractivity contribution in [2.45, 2.75) is 33.4 Å². The molecule has 21 heavy (non-hydrogen) atoms. The molecule has 1 atom stereocenters. The predicted octanol–water partition coefficient (Wildman–Crippen LogP) is 3.22. The van der Waals surface area contributed by atoms with Gasteiger partial charge in [0.2, 0.25) is 0 Å². The van der Waals surface area contributed by atoms with Gasteiger partial charge in [0, 0.05) is 30.2 Å². The highest BCUT2D eigenvalue weighted by Gasteiger charge is 2.13. The molecule has 0 aliphatic heterocycles. The Hall–Kier alpha value is -1.45. The molecule has 3 heteroatoms. The highest BCUT2D eigenvalue weighted by atomic mass is 15.1. The fourth-order valence-electron chi connectivity index (χ4n) is 2.54. The van der Waals surface area contributed by atoms with E-state index in [1.807, 2.05) is 6.92 Å². The Morgan fingerprint density at radius 2 is 1.90 bits per heavy atom. The Labute approximate surface area is 128 Å². The van der Waals surface area contributed by atoms with Crippen molar-refractivity contribution in [3.05, 3.63) is 41.6 Å². The molecule has 0 amide bonds. The van der Waals surface area contributed by atoms with Gasteiger partial charge in [0.25, 0.3) is 0 Å². The van der Waals surface area contributed by atoms with Gasteiger partial charge in [-0.25, -0.2) is 0 Å². The zero-order valence-electron chi connectivity index (χ0n) is 13.9. The first-order valence-electron chi connectivity index (χ1n) is 7.70. The Kier molecular flexibility index (Phi) is 5.32. The molecule has 1 aromatic heterocycles. The van der Waals surface area contributed by atoms with E-state index in [4.69, 9.17) is 0 Å². The summed E-state index contributed by atoms with van der Waals surface area (Å²) >= 11 is 0. The van der Waals surface area contributed by atoms with Crippen LogP contribution >= 0.6 is 0 Å². The van der Waals surface area contributed by atoms with Crippen molar-refractivity contribution < 1.29 is 0 Å². The Bertz CT molecular complexity index is 590. The van der Waals surface area contributed by atoms with Crippen molar-refractivity contribution >= 4 is 10.9 Å². The van der Waals surface area contributed by atoms with Crippen LogP contribution < -0.4 is 5.32 Å². The predicted molar refractivity (Wildman–Crippen MR) is 90.5 cm³/mol. The van der Waals surface area contributed by atoms with E-state index in [0.29, 0.717) is 12.0 Å². The van der Waals surface area contributed by atoms with Gasteiger partial charge in [-0.05, 0) is 50.7 Å². The first-order valence-corrected chi connectivity index (χ1v) is 7.70. The van der Waals surface area contributed by atoms with Gasteiger partial charge in [-0.3, -0.25) is 4.98 Å². The number of hydrogen-bond donors (Lipinski definition) is 1. The number of hydrogen-bond acceptors (Lipinski definition) is 3. The number of likely N-dealkylation sites (N-methyl/N-ethyl adjacent to an activating group) is 1. The van der Waals surface area contributed by atoms with Gasteiger partial charge in [-0.15, -0.1) is 0 Å². The SMILES string of the molecule is Cc1ccc2cc(CNC(CN(C)C)C(C)C)ccc2n1. The molecule has 0 saturated heterocycles. The molecule has 2 rings (SSSR count). The molecule has 1 aromatic carbocycles. The second kappa shape index (κ2) is 7.01. The molecule has 0 radical (unpaired) electrons. The molecule has 114 valence electrons. The van der Waals surface area contributed by atoms with Gasteiger partial charge < -0.3 is 10.2 Å². The van der Waals surface area contributed by atoms with Crippen LogP contribution in [0, 0.1) is 12.8 Å². The molecule has 2 aromatic rings. The zero-order chi connectivity index (χ0) is 15.4. The molecular formula is C18H27N3. The van der Waals surface area contributed by atoms with Crippen molar-refractivity contribution in [2.24, 2.45) is 5.92 Å². The third-order valence-corrected chi connectivity index (χ3v) is 3.83. The molecular weight excluding hydrogens is 258 g/mol. The van der Waals surface area contributed by atoms with E-state index in [9.17, 15) is 0 Å². The number of nitrogens with one attached hydrogen (secondary N) is 1. The summed E-state index contributed by atoms with van der Waals surface area (Å²) in [6.07, 6.45) is 0. The second-order valence-corrected chi connectivity index (χ2v) is 6.47. The van der Waals surface area contributed by atoms with Crippen LogP contribution in [0.2, 0.25) is 0 Å². The van der Waals surface area contributed by atoms with Crippen LogP contribution in [-0.2, 0) is 6.54 Å². The molecule has 0 bridgehead atoms. The van der Waals surface area contributed by atoms with Crippen LogP contribution in [0.5, 0.6) is 0 Å². The van der Waals surface area contributed by atoms with E-state index in [1.54, 1.807) is 0 Å². The quantitative estimate of drug-likeness (QED) is 0.883. The van der Waals surface area contributed by atoms with Gasteiger partial charge in [0.15, 0.2) is 0 Å². The van der Waals surface area contributed by atoms with Crippen LogP contribution in [0.4, 0.5) is 0 Å². The van der Waals surface area contributed by atoms with Gasteiger partial charge in [-0.2, -0.15) is 0 Å². The summed E-state index contributed by atoms with van der Waals surface area (Å²) in [6.45, 7) is 8.54. The number of fused-ring (bicyclic) bond motifs is 1. The number of pyridine rings is 1. The minimum atomic E-state index is 0.506. The molecule has 0 aliphatic carbocycles. The lowest BCUT2D eigenvalue weighted by Crippen LogP contribution is -2.41. The van der Waals surface area contributed by atoms with E-state index >= 15 is 0 Å². The lowest BCUT2D eigenvalue weighted by Gasteiger charge is -2.25. The summed E-state index contributed by atoms with van der Waals surface area (Å²) in [5, 5.41) is 4.90. The largest absolute Gasteiger partial charge is 0.308 e. The Morgan fingerprint density at radius 3 is 2.57 bits per heavy atom. The van der Waals surface area contributed by atoms with Crippen LogP contribution in [-0.4, -0.2) is 36.6 Å². The van der Waals surface area contributed by atoms with Crippen LogP contribution in [0.3, 0.4) is 0 Å². The molecule has 0 spiro atoms.